The van der Waals surface area contributed by atoms with Crippen molar-refractivity contribution in [3.63, 3.8) is 0 Å². The van der Waals surface area contributed by atoms with Crippen LogP contribution in [0.25, 0.3) is 0 Å². The summed E-state index contributed by atoms with van der Waals surface area (Å²) in [5, 5.41) is 3.77. The molecule has 1 saturated heterocycles. The lowest BCUT2D eigenvalue weighted by Gasteiger charge is -2.35. The first-order valence-electron chi connectivity index (χ1n) is 8.23. The molecule has 3 fully saturated rings. The zero-order valence-corrected chi connectivity index (χ0v) is 11.7. The van der Waals surface area contributed by atoms with Crippen LogP contribution in [0.4, 0.5) is 0 Å². The SMILES string of the molecule is C1CCC(CC2CCOCC2)C(CNC2CC2)C1. The Morgan fingerprint density at radius 3 is 2.28 bits per heavy atom. The second-order valence-corrected chi connectivity index (χ2v) is 6.78. The van der Waals surface area contributed by atoms with E-state index in [2.05, 4.69) is 5.32 Å². The van der Waals surface area contributed by atoms with Gasteiger partial charge in [-0.1, -0.05) is 19.3 Å². The number of hydrogen-bond donors (Lipinski definition) is 1. The molecule has 3 aliphatic rings. The Bertz CT molecular complexity index is 245. The molecule has 0 aromatic heterocycles. The fraction of sp³-hybridized carbons (Fsp3) is 1.00. The second kappa shape index (κ2) is 6.38. The molecule has 2 aliphatic carbocycles. The molecule has 0 radical (unpaired) electrons. The summed E-state index contributed by atoms with van der Waals surface area (Å²) in [5.74, 6) is 2.94. The van der Waals surface area contributed by atoms with Crippen LogP contribution in [0, 0.1) is 17.8 Å². The molecule has 104 valence electrons. The maximum absolute atomic E-state index is 5.49. The predicted molar refractivity (Wildman–Crippen MR) is 74.6 cm³/mol. The van der Waals surface area contributed by atoms with Crippen molar-refractivity contribution in [1.82, 2.24) is 5.32 Å². The minimum Gasteiger partial charge on any atom is -0.381 e. The fourth-order valence-electron chi connectivity index (χ4n) is 3.88. The standard InChI is InChI=1S/C16H29NO/c1-2-4-15(12-17-16-5-6-16)14(3-1)11-13-7-9-18-10-8-13/h13-17H,1-12H2. The summed E-state index contributed by atoms with van der Waals surface area (Å²) in [6.45, 7) is 3.34. The topological polar surface area (TPSA) is 21.3 Å². The first kappa shape index (κ1) is 12.9. The molecule has 0 spiro atoms. The van der Waals surface area contributed by atoms with E-state index < -0.39 is 0 Å². The lowest BCUT2D eigenvalue weighted by atomic mass is 9.73. The third-order valence-corrected chi connectivity index (χ3v) is 5.29. The zero-order valence-electron chi connectivity index (χ0n) is 11.7. The Labute approximate surface area is 112 Å². The summed E-state index contributed by atoms with van der Waals surface area (Å²) in [6.07, 6.45) is 12.9. The van der Waals surface area contributed by atoms with Gasteiger partial charge in [0.25, 0.3) is 0 Å². The molecule has 2 atom stereocenters. The van der Waals surface area contributed by atoms with Crippen LogP contribution in [0.5, 0.6) is 0 Å². The van der Waals surface area contributed by atoms with E-state index in [-0.39, 0.29) is 0 Å². The molecule has 2 saturated carbocycles. The van der Waals surface area contributed by atoms with Crippen LogP contribution >= 0.6 is 0 Å². The van der Waals surface area contributed by atoms with Crippen molar-refractivity contribution in [2.24, 2.45) is 17.8 Å². The number of hydrogen-bond acceptors (Lipinski definition) is 2. The summed E-state index contributed by atoms with van der Waals surface area (Å²) < 4.78 is 5.49. The molecule has 0 bridgehead atoms. The van der Waals surface area contributed by atoms with Crippen LogP contribution in [-0.4, -0.2) is 25.8 Å². The van der Waals surface area contributed by atoms with Gasteiger partial charge in [0.15, 0.2) is 0 Å². The van der Waals surface area contributed by atoms with Gasteiger partial charge in [0.1, 0.15) is 0 Å². The van der Waals surface area contributed by atoms with Crippen LogP contribution in [0.15, 0.2) is 0 Å². The smallest absolute Gasteiger partial charge is 0.0468 e. The fourth-order valence-corrected chi connectivity index (χ4v) is 3.88. The Morgan fingerprint density at radius 1 is 0.833 bits per heavy atom. The summed E-state index contributed by atoms with van der Waals surface area (Å²) in [4.78, 5) is 0. The molecule has 0 aromatic rings. The van der Waals surface area contributed by atoms with Gasteiger partial charge < -0.3 is 10.1 Å². The van der Waals surface area contributed by atoms with Gasteiger partial charge in [-0.15, -0.1) is 0 Å². The van der Waals surface area contributed by atoms with Crippen LogP contribution < -0.4 is 5.32 Å². The maximum Gasteiger partial charge on any atom is 0.0468 e. The van der Waals surface area contributed by atoms with Gasteiger partial charge in [-0.25, -0.2) is 0 Å². The van der Waals surface area contributed by atoms with Crippen LogP contribution in [0.3, 0.4) is 0 Å². The van der Waals surface area contributed by atoms with Gasteiger partial charge in [-0.2, -0.15) is 0 Å². The van der Waals surface area contributed by atoms with E-state index >= 15 is 0 Å². The van der Waals surface area contributed by atoms with Crippen molar-refractivity contribution in [3.05, 3.63) is 0 Å². The quantitative estimate of drug-likeness (QED) is 0.809. The van der Waals surface area contributed by atoms with E-state index in [1.165, 1.54) is 64.3 Å². The lowest BCUT2D eigenvalue weighted by molar-refractivity contribution is 0.0505. The molecular weight excluding hydrogens is 222 g/mol. The molecule has 0 aromatic carbocycles. The summed E-state index contributed by atoms with van der Waals surface area (Å²) in [5.41, 5.74) is 0. The lowest BCUT2D eigenvalue weighted by Crippen LogP contribution is -2.33. The molecule has 2 unspecified atom stereocenters. The van der Waals surface area contributed by atoms with Gasteiger partial charge in [0.05, 0.1) is 0 Å². The van der Waals surface area contributed by atoms with Crippen LogP contribution in [0.2, 0.25) is 0 Å². The summed E-state index contributed by atoms with van der Waals surface area (Å²) >= 11 is 0. The molecule has 2 heteroatoms. The first-order valence-corrected chi connectivity index (χ1v) is 8.23. The van der Waals surface area contributed by atoms with Crippen molar-refractivity contribution < 1.29 is 4.74 Å². The maximum atomic E-state index is 5.49. The molecule has 18 heavy (non-hydrogen) atoms. The number of rotatable bonds is 5. The van der Waals surface area contributed by atoms with Crippen molar-refractivity contribution in [3.8, 4) is 0 Å². The Balaban J connectivity index is 1.46. The zero-order chi connectivity index (χ0) is 12.2. The highest BCUT2D eigenvalue weighted by Crippen LogP contribution is 2.36. The van der Waals surface area contributed by atoms with Crippen molar-refractivity contribution in [1.29, 1.82) is 0 Å². The third-order valence-electron chi connectivity index (χ3n) is 5.29. The van der Waals surface area contributed by atoms with E-state index in [1.807, 2.05) is 0 Å². The van der Waals surface area contributed by atoms with E-state index in [0.717, 1.165) is 37.0 Å². The molecule has 1 N–H and O–H groups in total. The Morgan fingerprint density at radius 2 is 1.56 bits per heavy atom. The Hall–Kier alpha value is -0.0800. The highest BCUT2D eigenvalue weighted by molar-refractivity contribution is 4.85. The molecular formula is C16H29NO. The summed E-state index contributed by atoms with van der Waals surface area (Å²) in [6, 6.07) is 0.885. The van der Waals surface area contributed by atoms with Gasteiger partial charge in [0, 0.05) is 19.3 Å². The number of ether oxygens (including phenoxy) is 1. The third kappa shape index (κ3) is 3.71. The monoisotopic (exact) mass is 251 g/mol. The van der Waals surface area contributed by atoms with Crippen LogP contribution in [-0.2, 0) is 4.74 Å². The minimum atomic E-state index is 0.885. The molecule has 2 nitrogen and oxygen atoms in total. The average Bonchev–Trinajstić information content (AvgIpc) is 3.23. The Kier molecular flexibility index (Phi) is 4.58. The van der Waals surface area contributed by atoms with Crippen molar-refractivity contribution >= 4 is 0 Å². The predicted octanol–water partition coefficient (Wildman–Crippen LogP) is 3.36. The van der Waals surface area contributed by atoms with Gasteiger partial charge in [0.2, 0.25) is 0 Å². The molecule has 1 aliphatic heterocycles. The average molecular weight is 251 g/mol. The van der Waals surface area contributed by atoms with Gasteiger partial charge >= 0.3 is 0 Å². The summed E-state index contributed by atoms with van der Waals surface area (Å²) in [7, 11) is 0. The number of nitrogens with one attached hydrogen (secondary N) is 1. The normalized spacial score (nSPS) is 34.7. The molecule has 3 rings (SSSR count). The van der Waals surface area contributed by atoms with E-state index in [4.69, 9.17) is 4.74 Å². The van der Waals surface area contributed by atoms with E-state index in [0.29, 0.717) is 0 Å². The minimum absolute atomic E-state index is 0.885. The molecule has 0 amide bonds. The first-order chi connectivity index (χ1) is 8.92. The highest BCUT2D eigenvalue weighted by Gasteiger charge is 2.30. The van der Waals surface area contributed by atoms with Crippen LogP contribution in [0.1, 0.15) is 57.8 Å². The highest BCUT2D eigenvalue weighted by atomic mass is 16.5. The molecule has 1 heterocycles. The van der Waals surface area contributed by atoms with E-state index in [1.54, 1.807) is 0 Å². The largest absolute Gasteiger partial charge is 0.381 e. The van der Waals surface area contributed by atoms with Crippen molar-refractivity contribution in [2.75, 3.05) is 19.8 Å². The van der Waals surface area contributed by atoms with Gasteiger partial charge in [-0.3, -0.25) is 0 Å². The van der Waals surface area contributed by atoms with Gasteiger partial charge in [-0.05, 0) is 62.8 Å². The van der Waals surface area contributed by atoms with Crippen molar-refractivity contribution in [2.45, 2.75) is 63.8 Å². The second-order valence-electron chi connectivity index (χ2n) is 6.78. The van der Waals surface area contributed by atoms with E-state index in [9.17, 15) is 0 Å².